The van der Waals surface area contributed by atoms with E-state index in [-0.39, 0.29) is 105 Å². The summed E-state index contributed by atoms with van der Waals surface area (Å²) in [6, 6.07) is 7.35. The Hall–Kier alpha value is 0.260. The summed E-state index contributed by atoms with van der Waals surface area (Å²) in [5.74, 6) is -0.787. The first-order valence-electron chi connectivity index (χ1n) is 8.77. The molecule has 1 aliphatic rings. The van der Waals surface area contributed by atoms with Crippen LogP contribution in [-0.2, 0) is 19.1 Å². The van der Waals surface area contributed by atoms with Gasteiger partial charge in [0.15, 0.2) is 0 Å². The van der Waals surface area contributed by atoms with Crippen LogP contribution in [0.5, 0.6) is 5.75 Å². The molecule has 1 fully saturated rings. The van der Waals surface area contributed by atoms with Crippen molar-refractivity contribution in [2.75, 3.05) is 26.3 Å². The Morgan fingerprint density at radius 2 is 1.79 bits per heavy atom. The van der Waals surface area contributed by atoms with E-state index in [9.17, 15) is 27.2 Å². The van der Waals surface area contributed by atoms with Crippen molar-refractivity contribution in [2.24, 2.45) is 5.41 Å². The number of phosphoric ester groups is 1. The Morgan fingerprint density at radius 3 is 2.32 bits per heavy atom. The quantitative estimate of drug-likeness (QED) is 0.185. The average Bonchev–Trinajstić information content (AvgIpc) is 2.65. The van der Waals surface area contributed by atoms with E-state index in [1.807, 2.05) is 0 Å². The van der Waals surface area contributed by atoms with Gasteiger partial charge in [-0.05, 0) is 30.3 Å². The molecule has 0 radical (unpaired) electrons. The van der Waals surface area contributed by atoms with Crippen molar-refractivity contribution < 1.29 is 95.5 Å². The van der Waals surface area contributed by atoms with Crippen LogP contribution < -0.4 is 73.6 Å². The number of hydrogen-bond acceptors (Lipinski definition) is 7. The van der Waals surface area contributed by atoms with Crippen LogP contribution in [0.4, 0.5) is 10.1 Å². The Labute approximate surface area is 250 Å². The van der Waals surface area contributed by atoms with E-state index in [0.29, 0.717) is 0 Å². The summed E-state index contributed by atoms with van der Waals surface area (Å²) in [4.78, 5) is 24.7. The maximum Gasteiger partial charge on any atom is 1.00 e. The van der Waals surface area contributed by atoms with Gasteiger partial charge >= 0.3 is 59.1 Å². The molecule has 2 aromatic rings. The van der Waals surface area contributed by atoms with Gasteiger partial charge in [0.1, 0.15) is 16.5 Å². The SMILES string of the molecule is [C-]#[N+]c1ccc(OCC2(COP(=O)([O-])[O-])CN(S(=O)(=O)c3ccc(Cl)cc3Cl)C2)cc1F.[Na+].[Na+]. The molecule has 0 unspecified atom stereocenters. The molecule has 1 saturated heterocycles. The fourth-order valence-corrected chi connectivity index (χ4v) is 5.88. The summed E-state index contributed by atoms with van der Waals surface area (Å²) in [7, 11) is -9.40. The van der Waals surface area contributed by atoms with E-state index in [1.54, 1.807) is 0 Å². The van der Waals surface area contributed by atoms with Crippen molar-refractivity contribution in [1.82, 2.24) is 4.31 Å². The van der Waals surface area contributed by atoms with Crippen LogP contribution >= 0.6 is 31.0 Å². The minimum absolute atomic E-state index is 0. The van der Waals surface area contributed by atoms with E-state index in [4.69, 9.17) is 34.5 Å². The minimum atomic E-state index is -5.34. The predicted molar refractivity (Wildman–Crippen MR) is 109 cm³/mol. The van der Waals surface area contributed by atoms with Gasteiger partial charge in [0.25, 0.3) is 0 Å². The van der Waals surface area contributed by atoms with Crippen molar-refractivity contribution in [3.63, 3.8) is 0 Å². The Morgan fingerprint density at radius 1 is 1.15 bits per heavy atom. The van der Waals surface area contributed by atoms with Gasteiger partial charge in [0, 0.05) is 24.2 Å². The first kappa shape index (κ1) is 32.3. The average molecular weight is 569 g/mol. The third-order valence-electron chi connectivity index (χ3n) is 4.65. The number of ether oxygens (including phenoxy) is 1. The van der Waals surface area contributed by atoms with Gasteiger partial charge in [-0.3, -0.25) is 0 Å². The topological polar surface area (TPSA) is 123 Å². The van der Waals surface area contributed by atoms with Gasteiger partial charge in [-0.2, -0.15) is 4.31 Å². The van der Waals surface area contributed by atoms with Crippen molar-refractivity contribution in [2.45, 2.75) is 4.90 Å². The molecule has 0 aliphatic carbocycles. The molecule has 3 rings (SSSR count). The van der Waals surface area contributed by atoms with Gasteiger partial charge in [0.05, 0.1) is 38.0 Å². The van der Waals surface area contributed by atoms with Crippen molar-refractivity contribution in [3.8, 4) is 5.75 Å². The van der Waals surface area contributed by atoms with Crippen LogP contribution in [-0.4, -0.2) is 39.0 Å². The first-order chi connectivity index (χ1) is 14.8. The molecule has 1 heterocycles. The van der Waals surface area contributed by atoms with E-state index in [2.05, 4.69) is 9.37 Å². The predicted octanol–water partition coefficient (Wildman–Crippen LogP) is -3.39. The number of sulfonamides is 1. The Kier molecular flexibility index (Phi) is 12.0. The summed E-state index contributed by atoms with van der Waals surface area (Å²) in [5, 5.41) is 0.147. The van der Waals surface area contributed by atoms with E-state index in [1.165, 1.54) is 30.3 Å². The molecule has 2 aromatic carbocycles. The molecule has 0 saturated carbocycles. The number of rotatable bonds is 8. The zero-order chi connectivity index (χ0) is 23.7. The summed E-state index contributed by atoms with van der Waals surface area (Å²) in [6.07, 6.45) is 0. The molecule has 172 valence electrons. The zero-order valence-corrected chi connectivity index (χ0v) is 25.3. The van der Waals surface area contributed by atoms with Crippen LogP contribution in [0.1, 0.15) is 0 Å². The maximum absolute atomic E-state index is 13.8. The largest absolute Gasteiger partial charge is 1.00 e. The second-order valence-corrected chi connectivity index (χ2v) is 11.0. The van der Waals surface area contributed by atoms with Gasteiger partial charge in [-0.1, -0.05) is 23.2 Å². The smallest absolute Gasteiger partial charge is 0.790 e. The summed E-state index contributed by atoms with van der Waals surface area (Å²) in [6.45, 7) is 5.42. The molecular formula is C18H14Cl2FN2Na2O7PS. The van der Waals surface area contributed by atoms with Crippen LogP contribution in [0, 0.1) is 17.8 Å². The minimum Gasteiger partial charge on any atom is -0.790 e. The van der Waals surface area contributed by atoms with Crippen LogP contribution in [0.2, 0.25) is 10.0 Å². The maximum atomic E-state index is 13.8. The van der Waals surface area contributed by atoms with E-state index < -0.39 is 35.7 Å². The molecule has 1 aliphatic heterocycles. The molecule has 0 atom stereocenters. The normalized spacial score (nSPS) is 15.3. The van der Waals surface area contributed by atoms with Gasteiger partial charge < -0.3 is 23.6 Å². The second kappa shape index (κ2) is 12.7. The molecule has 0 bridgehead atoms. The summed E-state index contributed by atoms with van der Waals surface area (Å²) >= 11 is 11.8. The summed E-state index contributed by atoms with van der Waals surface area (Å²) < 4.78 is 61.4. The number of nitrogens with zero attached hydrogens (tertiary/aromatic N) is 2. The molecule has 0 amide bonds. The molecule has 0 N–H and O–H groups in total. The fraction of sp³-hybridized carbons (Fsp3) is 0.278. The first-order valence-corrected chi connectivity index (χ1v) is 12.4. The van der Waals surface area contributed by atoms with Crippen LogP contribution in [0.25, 0.3) is 4.85 Å². The molecule has 9 nitrogen and oxygen atoms in total. The third-order valence-corrected chi connectivity index (χ3v) is 7.60. The van der Waals surface area contributed by atoms with Crippen molar-refractivity contribution in [1.29, 1.82) is 0 Å². The van der Waals surface area contributed by atoms with Crippen molar-refractivity contribution in [3.05, 3.63) is 63.7 Å². The molecule has 34 heavy (non-hydrogen) atoms. The Balaban J connectivity index is 0.00000289. The second-order valence-electron chi connectivity index (χ2n) is 7.08. The third kappa shape index (κ3) is 7.88. The zero-order valence-electron chi connectivity index (χ0n) is 18.0. The van der Waals surface area contributed by atoms with Crippen LogP contribution in [0.3, 0.4) is 0 Å². The Bertz CT molecular complexity index is 1240. The van der Waals surface area contributed by atoms with Gasteiger partial charge in [-0.25, -0.2) is 17.7 Å². The standard InChI is InChI=1S/C18H16Cl2FN2O7PS.2Na/c1-22-16-4-3-13(7-15(16)21)29-10-18(11-30-31(24,25)26)8-23(9-18)32(27,28)17-5-2-12(19)6-14(17)20;;/h2-7H,8-11H2,(H2,24,25,26);;/q;2*+1/p-2. The number of hydrogen-bond donors (Lipinski definition) is 0. The number of halogens is 3. The molecule has 16 heteroatoms. The molecular weight excluding hydrogens is 555 g/mol. The van der Waals surface area contributed by atoms with E-state index in [0.717, 1.165) is 10.4 Å². The number of benzene rings is 2. The van der Waals surface area contributed by atoms with E-state index >= 15 is 0 Å². The van der Waals surface area contributed by atoms with Gasteiger partial charge in [0.2, 0.25) is 15.7 Å². The van der Waals surface area contributed by atoms with Crippen molar-refractivity contribution >= 4 is 46.7 Å². The summed E-state index contributed by atoms with van der Waals surface area (Å²) in [5.41, 5.74) is -1.42. The van der Waals surface area contributed by atoms with Gasteiger partial charge in [-0.15, -0.1) is 0 Å². The van der Waals surface area contributed by atoms with Crippen LogP contribution in [0.15, 0.2) is 41.3 Å². The number of phosphoric acid groups is 1. The molecule has 0 aromatic heterocycles. The molecule has 0 spiro atoms. The monoisotopic (exact) mass is 568 g/mol. The fourth-order valence-electron chi connectivity index (χ4n) is 3.04.